The van der Waals surface area contributed by atoms with Crippen LogP contribution in [0.1, 0.15) is 50.7 Å². The lowest BCUT2D eigenvalue weighted by molar-refractivity contribution is -0.144. The molecule has 32 heavy (non-hydrogen) atoms. The fraction of sp³-hybridized carbons (Fsp3) is 0.464. The first-order valence-electron chi connectivity index (χ1n) is 11.9. The van der Waals surface area contributed by atoms with Gasteiger partial charge in [-0.05, 0) is 75.4 Å². The van der Waals surface area contributed by atoms with Crippen LogP contribution in [0.25, 0.3) is 0 Å². The summed E-state index contributed by atoms with van der Waals surface area (Å²) in [5, 5.41) is 2.84. The molecule has 1 amide bonds. The van der Waals surface area contributed by atoms with Gasteiger partial charge in [0.1, 0.15) is 0 Å². The van der Waals surface area contributed by atoms with Crippen molar-refractivity contribution in [3.8, 4) is 0 Å². The number of carbonyl (C=O) groups excluding carboxylic acids is 1. The van der Waals surface area contributed by atoms with Crippen LogP contribution < -0.4 is 5.32 Å². The van der Waals surface area contributed by atoms with E-state index in [-0.39, 0.29) is 16.9 Å². The van der Waals surface area contributed by atoms with Gasteiger partial charge in [0.05, 0.1) is 12.2 Å². The number of benzene rings is 2. The van der Waals surface area contributed by atoms with Gasteiger partial charge in [0.25, 0.3) is 0 Å². The molecule has 2 heterocycles. The highest BCUT2D eigenvalue weighted by atomic mass is 16.5. The van der Waals surface area contributed by atoms with Gasteiger partial charge in [0, 0.05) is 24.6 Å². The third-order valence-corrected chi connectivity index (χ3v) is 7.52. The lowest BCUT2D eigenvalue weighted by Gasteiger charge is -2.53. The zero-order valence-electron chi connectivity index (χ0n) is 19.5. The van der Waals surface area contributed by atoms with Crippen LogP contribution in [0.15, 0.2) is 66.7 Å². The maximum Gasteiger partial charge on any atom is 0.221 e. The first-order valence-corrected chi connectivity index (χ1v) is 11.9. The van der Waals surface area contributed by atoms with Crippen molar-refractivity contribution < 1.29 is 9.53 Å². The number of nitrogens with zero attached hydrogens (tertiary/aromatic N) is 1. The minimum Gasteiger partial charge on any atom is -0.370 e. The Morgan fingerprint density at radius 2 is 1.72 bits per heavy atom. The van der Waals surface area contributed by atoms with Crippen LogP contribution in [0.5, 0.6) is 0 Å². The molecular formula is C28H36N2O2. The Hall–Kier alpha value is -2.43. The second-order valence-corrected chi connectivity index (χ2v) is 9.64. The number of ether oxygens (including phenoxy) is 1. The predicted octanol–water partition coefficient (Wildman–Crippen LogP) is 5.60. The third kappa shape index (κ3) is 5.31. The molecule has 1 saturated heterocycles. The summed E-state index contributed by atoms with van der Waals surface area (Å²) in [7, 11) is 0. The van der Waals surface area contributed by atoms with Crippen molar-refractivity contribution in [1.29, 1.82) is 0 Å². The highest BCUT2D eigenvalue weighted by Crippen LogP contribution is 2.50. The largest absolute Gasteiger partial charge is 0.370 e. The molecule has 0 bridgehead atoms. The normalized spacial score (nSPS) is 23.1. The molecular weight excluding hydrogens is 396 g/mol. The van der Waals surface area contributed by atoms with E-state index in [1.165, 1.54) is 24.5 Å². The van der Waals surface area contributed by atoms with Crippen LogP contribution in [0.2, 0.25) is 0 Å². The van der Waals surface area contributed by atoms with E-state index in [2.05, 4.69) is 71.8 Å². The lowest BCUT2D eigenvalue weighted by Crippen LogP contribution is -2.54. The molecule has 0 saturated carbocycles. The number of rotatable bonds is 7. The maximum absolute atomic E-state index is 11.2. The fourth-order valence-electron chi connectivity index (χ4n) is 5.40. The van der Waals surface area contributed by atoms with Crippen molar-refractivity contribution in [3.05, 3.63) is 77.9 Å². The summed E-state index contributed by atoms with van der Waals surface area (Å²) < 4.78 is 6.46. The summed E-state index contributed by atoms with van der Waals surface area (Å²) in [6, 6.07) is 19.1. The summed E-state index contributed by atoms with van der Waals surface area (Å²) in [5.74, 6) is -0.0334. The van der Waals surface area contributed by atoms with Crippen molar-refractivity contribution >= 4 is 11.6 Å². The van der Waals surface area contributed by atoms with Crippen molar-refractivity contribution in [2.75, 3.05) is 25.0 Å². The molecule has 0 aromatic heterocycles. The standard InChI is InChI=1S/C28H36N2O2/c1-23(31)29-26-12-10-25(11-13-26)22-30-19-17-28(18-20-30,27(2)15-6-7-21-32-27)16-14-24-8-4-3-5-9-24/h3-13H,14-22H2,1-2H3,(H,29,31). The second kappa shape index (κ2) is 10.0. The molecule has 1 fully saturated rings. The zero-order valence-corrected chi connectivity index (χ0v) is 19.5. The first kappa shape index (κ1) is 22.8. The second-order valence-electron chi connectivity index (χ2n) is 9.64. The molecule has 4 rings (SSSR count). The molecule has 1 N–H and O–H groups in total. The summed E-state index contributed by atoms with van der Waals surface area (Å²) in [6.45, 7) is 7.74. The van der Waals surface area contributed by atoms with E-state index in [1.54, 1.807) is 0 Å². The van der Waals surface area contributed by atoms with Crippen LogP contribution in [-0.4, -0.2) is 36.1 Å². The van der Waals surface area contributed by atoms with Gasteiger partial charge in [-0.15, -0.1) is 0 Å². The van der Waals surface area contributed by atoms with E-state index in [0.717, 1.165) is 57.6 Å². The Morgan fingerprint density at radius 3 is 2.34 bits per heavy atom. The Kier molecular flexibility index (Phi) is 7.12. The highest BCUT2D eigenvalue weighted by Gasteiger charge is 2.49. The first-order chi connectivity index (χ1) is 15.5. The molecule has 2 aliphatic heterocycles. The lowest BCUT2D eigenvalue weighted by atomic mass is 9.62. The molecule has 2 aromatic rings. The van der Waals surface area contributed by atoms with Crippen LogP contribution in [-0.2, 0) is 22.5 Å². The Balaban J connectivity index is 1.42. The molecule has 2 aromatic carbocycles. The molecule has 2 aliphatic rings. The number of hydrogen-bond donors (Lipinski definition) is 1. The molecule has 0 spiro atoms. The van der Waals surface area contributed by atoms with Gasteiger partial charge in [0.2, 0.25) is 5.91 Å². The third-order valence-electron chi connectivity index (χ3n) is 7.52. The van der Waals surface area contributed by atoms with E-state index < -0.39 is 0 Å². The van der Waals surface area contributed by atoms with Crippen LogP contribution >= 0.6 is 0 Å². The van der Waals surface area contributed by atoms with Gasteiger partial charge in [0.15, 0.2) is 0 Å². The Labute approximate surface area is 192 Å². The Bertz CT molecular complexity index is 914. The van der Waals surface area contributed by atoms with Crippen LogP contribution in [0.3, 0.4) is 0 Å². The van der Waals surface area contributed by atoms with E-state index in [4.69, 9.17) is 4.74 Å². The minimum absolute atomic E-state index is 0.0334. The maximum atomic E-state index is 11.2. The Morgan fingerprint density at radius 1 is 1.00 bits per heavy atom. The molecule has 0 aliphatic carbocycles. The van der Waals surface area contributed by atoms with Gasteiger partial charge in [-0.25, -0.2) is 0 Å². The number of hydrogen-bond acceptors (Lipinski definition) is 3. The molecule has 4 heteroatoms. The van der Waals surface area contributed by atoms with Gasteiger partial charge in [-0.1, -0.05) is 54.6 Å². The number of likely N-dealkylation sites (tertiary alicyclic amines) is 1. The number of nitrogens with one attached hydrogen (secondary N) is 1. The van der Waals surface area contributed by atoms with Gasteiger partial charge in [-0.2, -0.15) is 0 Å². The SMILES string of the molecule is CC(=O)Nc1ccc(CN2CCC(CCc3ccccc3)(C3(C)CC=CCO3)CC2)cc1. The number of piperidine rings is 1. The molecule has 4 nitrogen and oxygen atoms in total. The van der Waals surface area contributed by atoms with Gasteiger partial charge in [-0.3, -0.25) is 9.69 Å². The fourth-order valence-corrected chi connectivity index (χ4v) is 5.40. The summed E-state index contributed by atoms with van der Waals surface area (Å²) in [6.07, 6.45) is 10.1. The van der Waals surface area contributed by atoms with E-state index in [1.807, 2.05) is 12.1 Å². The monoisotopic (exact) mass is 432 g/mol. The predicted molar refractivity (Wildman–Crippen MR) is 131 cm³/mol. The van der Waals surface area contributed by atoms with Gasteiger partial charge >= 0.3 is 0 Å². The number of amides is 1. The number of aryl methyl sites for hydroxylation is 1. The highest BCUT2D eigenvalue weighted by molar-refractivity contribution is 5.88. The zero-order chi connectivity index (χ0) is 22.4. The van der Waals surface area contributed by atoms with Crippen molar-refractivity contribution in [2.24, 2.45) is 5.41 Å². The molecule has 0 radical (unpaired) electrons. The van der Waals surface area contributed by atoms with Crippen LogP contribution in [0, 0.1) is 5.41 Å². The van der Waals surface area contributed by atoms with E-state index in [9.17, 15) is 4.79 Å². The van der Waals surface area contributed by atoms with E-state index >= 15 is 0 Å². The summed E-state index contributed by atoms with van der Waals surface area (Å²) in [4.78, 5) is 13.8. The average molecular weight is 433 g/mol. The summed E-state index contributed by atoms with van der Waals surface area (Å²) >= 11 is 0. The number of carbonyl (C=O) groups is 1. The van der Waals surface area contributed by atoms with Gasteiger partial charge < -0.3 is 10.1 Å². The topological polar surface area (TPSA) is 41.6 Å². The van der Waals surface area contributed by atoms with Crippen molar-refractivity contribution in [1.82, 2.24) is 4.90 Å². The van der Waals surface area contributed by atoms with Crippen LogP contribution in [0.4, 0.5) is 5.69 Å². The molecule has 1 atom stereocenters. The average Bonchev–Trinajstić information content (AvgIpc) is 2.81. The smallest absolute Gasteiger partial charge is 0.221 e. The molecule has 170 valence electrons. The number of anilines is 1. The van der Waals surface area contributed by atoms with Crippen molar-refractivity contribution in [2.45, 2.75) is 58.1 Å². The molecule has 1 unspecified atom stereocenters. The summed E-state index contributed by atoms with van der Waals surface area (Å²) in [5.41, 5.74) is 3.67. The minimum atomic E-state index is -0.0946. The van der Waals surface area contributed by atoms with E-state index in [0.29, 0.717) is 0 Å². The van der Waals surface area contributed by atoms with Crippen molar-refractivity contribution in [3.63, 3.8) is 0 Å². The quantitative estimate of drug-likeness (QED) is 0.580.